The van der Waals surface area contributed by atoms with Gasteiger partial charge in [0.15, 0.2) is 6.10 Å². The molecule has 1 heterocycles. The van der Waals surface area contributed by atoms with Crippen LogP contribution in [-0.2, 0) is 9.53 Å². The van der Waals surface area contributed by atoms with Crippen LogP contribution in [0.1, 0.15) is 18.5 Å². The van der Waals surface area contributed by atoms with Crippen molar-refractivity contribution in [1.82, 2.24) is 0 Å². The van der Waals surface area contributed by atoms with Crippen LogP contribution in [0.5, 0.6) is 11.5 Å². The van der Waals surface area contributed by atoms with Crippen LogP contribution in [0.25, 0.3) is 0 Å². The van der Waals surface area contributed by atoms with E-state index in [0.29, 0.717) is 18.1 Å². The van der Waals surface area contributed by atoms with Crippen LogP contribution in [0, 0.1) is 0 Å². The first-order chi connectivity index (χ1) is 8.11. The number of hydrogen-bond donors (Lipinski definition) is 1. The van der Waals surface area contributed by atoms with Crippen molar-refractivity contribution in [2.45, 2.75) is 19.1 Å². The smallest absolute Gasteiger partial charge is 0.346 e. The third-order valence-corrected chi connectivity index (χ3v) is 2.65. The molecule has 0 fully saturated rings. The molecule has 5 nitrogen and oxygen atoms in total. The molecule has 1 aromatic rings. The summed E-state index contributed by atoms with van der Waals surface area (Å²) in [7, 11) is 1.33. The Hall–Kier alpha value is -1.75. The van der Waals surface area contributed by atoms with Crippen LogP contribution in [-0.4, -0.2) is 25.8 Å². The van der Waals surface area contributed by atoms with Crippen molar-refractivity contribution in [1.29, 1.82) is 0 Å². The molecule has 1 aliphatic heterocycles. The molecular formula is C12H15NO4. The topological polar surface area (TPSA) is 70.8 Å². The molecule has 2 atom stereocenters. The van der Waals surface area contributed by atoms with Gasteiger partial charge in [0.05, 0.1) is 13.2 Å². The molecule has 0 aromatic heterocycles. The van der Waals surface area contributed by atoms with Gasteiger partial charge in [0, 0.05) is 11.6 Å². The fourth-order valence-electron chi connectivity index (χ4n) is 1.71. The highest BCUT2D eigenvalue weighted by molar-refractivity contribution is 5.74. The zero-order valence-corrected chi connectivity index (χ0v) is 9.80. The van der Waals surface area contributed by atoms with Crippen LogP contribution in [0.15, 0.2) is 18.2 Å². The van der Waals surface area contributed by atoms with Crippen LogP contribution in [0.4, 0.5) is 0 Å². The predicted molar refractivity (Wildman–Crippen MR) is 61.0 cm³/mol. The van der Waals surface area contributed by atoms with Gasteiger partial charge in [-0.1, -0.05) is 0 Å². The number of hydrogen-bond acceptors (Lipinski definition) is 5. The van der Waals surface area contributed by atoms with Gasteiger partial charge in [-0.05, 0) is 19.1 Å². The van der Waals surface area contributed by atoms with Gasteiger partial charge in [0.1, 0.15) is 18.1 Å². The zero-order chi connectivity index (χ0) is 12.4. The van der Waals surface area contributed by atoms with E-state index in [1.807, 2.05) is 6.07 Å². The van der Waals surface area contributed by atoms with E-state index in [4.69, 9.17) is 15.2 Å². The summed E-state index contributed by atoms with van der Waals surface area (Å²) in [6.45, 7) is 2.11. The van der Waals surface area contributed by atoms with Gasteiger partial charge in [-0.2, -0.15) is 0 Å². The molecule has 1 aliphatic rings. The van der Waals surface area contributed by atoms with Crippen molar-refractivity contribution in [3.63, 3.8) is 0 Å². The summed E-state index contributed by atoms with van der Waals surface area (Å²) in [4.78, 5) is 11.2. The van der Waals surface area contributed by atoms with Crippen LogP contribution < -0.4 is 15.2 Å². The lowest BCUT2D eigenvalue weighted by molar-refractivity contribution is -0.147. The molecule has 2 rings (SSSR count). The molecule has 2 N–H and O–H groups in total. The highest BCUT2D eigenvalue weighted by Crippen LogP contribution is 2.34. The monoisotopic (exact) mass is 237 g/mol. The summed E-state index contributed by atoms with van der Waals surface area (Å²) in [5, 5.41) is 0. The quantitative estimate of drug-likeness (QED) is 0.795. The first-order valence-electron chi connectivity index (χ1n) is 5.38. The minimum Gasteiger partial charge on any atom is -0.491 e. The second-order valence-electron chi connectivity index (χ2n) is 3.90. The largest absolute Gasteiger partial charge is 0.491 e. The molecule has 0 saturated heterocycles. The van der Waals surface area contributed by atoms with Crippen molar-refractivity contribution in [2.24, 2.45) is 5.73 Å². The average molecular weight is 237 g/mol. The highest BCUT2D eigenvalue weighted by atomic mass is 16.6. The molecule has 5 heteroatoms. The van der Waals surface area contributed by atoms with E-state index >= 15 is 0 Å². The van der Waals surface area contributed by atoms with Gasteiger partial charge in [0.2, 0.25) is 0 Å². The van der Waals surface area contributed by atoms with E-state index in [-0.39, 0.29) is 6.04 Å². The minimum absolute atomic E-state index is 0.0860. The maximum Gasteiger partial charge on any atom is 0.346 e. The third-order valence-electron chi connectivity index (χ3n) is 2.65. The molecule has 1 aromatic carbocycles. The fraction of sp³-hybridized carbons (Fsp3) is 0.417. The number of rotatable bonds is 3. The summed E-state index contributed by atoms with van der Waals surface area (Å²) in [5.74, 6) is 0.867. The number of fused-ring (bicyclic) bond motifs is 1. The standard InChI is InChI=1S/C12H15NO4/c1-7(12(14)15-2)17-8-3-4-9-10(13)6-16-11(9)5-8/h3-5,7,10H,6,13H2,1-2H3. The number of carbonyl (C=O) groups excluding carboxylic acids is 1. The van der Waals surface area contributed by atoms with E-state index in [1.54, 1.807) is 19.1 Å². The van der Waals surface area contributed by atoms with Crippen molar-refractivity contribution in [2.75, 3.05) is 13.7 Å². The van der Waals surface area contributed by atoms with E-state index < -0.39 is 12.1 Å². The van der Waals surface area contributed by atoms with Gasteiger partial charge in [0.25, 0.3) is 0 Å². The van der Waals surface area contributed by atoms with E-state index in [9.17, 15) is 4.79 Å². The Labute approximate surface area is 99.5 Å². The lowest BCUT2D eigenvalue weighted by Gasteiger charge is -2.13. The summed E-state index contributed by atoms with van der Waals surface area (Å²) < 4.78 is 15.4. The Kier molecular flexibility index (Phi) is 3.19. The molecule has 0 bridgehead atoms. The molecule has 2 unspecified atom stereocenters. The van der Waals surface area contributed by atoms with Crippen molar-refractivity contribution < 1.29 is 19.0 Å². The third kappa shape index (κ3) is 2.34. The molecule has 0 amide bonds. The van der Waals surface area contributed by atoms with E-state index in [0.717, 1.165) is 5.56 Å². The lowest BCUT2D eigenvalue weighted by Crippen LogP contribution is -2.24. The summed E-state index contributed by atoms with van der Waals surface area (Å²) in [6, 6.07) is 5.28. The summed E-state index contributed by atoms with van der Waals surface area (Å²) in [6.07, 6.45) is -0.645. The Morgan fingerprint density at radius 1 is 1.59 bits per heavy atom. The second kappa shape index (κ2) is 4.63. The number of ether oxygens (including phenoxy) is 3. The first-order valence-corrected chi connectivity index (χ1v) is 5.38. The number of esters is 1. The van der Waals surface area contributed by atoms with Crippen molar-refractivity contribution >= 4 is 5.97 Å². The number of nitrogens with two attached hydrogens (primary N) is 1. The first kappa shape index (κ1) is 11.7. The van der Waals surface area contributed by atoms with Crippen LogP contribution in [0.3, 0.4) is 0 Å². The maximum atomic E-state index is 11.2. The maximum absolute atomic E-state index is 11.2. The number of methoxy groups -OCH3 is 1. The van der Waals surface area contributed by atoms with Gasteiger partial charge in [-0.3, -0.25) is 0 Å². The van der Waals surface area contributed by atoms with Crippen LogP contribution >= 0.6 is 0 Å². The lowest BCUT2D eigenvalue weighted by atomic mass is 10.1. The summed E-state index contributed by atoms with van der Waals surface area (Å²) >= 11 is 0. The van der Waals surface area contributed by atoms with Crippen molar-refractivity contribution in [3.8, 4) is 11.5 Å². The van der Waals surface area contributed by atoms with Gasteiger partial charge in [-0.25, -0.2) is 4.79 Å². The summed E-state index contributed by atoms with van der Waals surface area (Å²) in [5.41, 5.74) is 6.79. The molecule has 92 valence electrons. The Morgan fingerprint density at radius 3 is 3.06 bits per heavy atom. The molecular weight excluding hydrogens is 222 g/mol. The molecule has 0 spiro atoms. The molecule has 0 saturated carbocycles. The van der Waals surface area contributed by atoms with E-state index in [1.165, 1.54) is 7.11 Å². The average Bonchev–Trinajstić information content (AvgIpc) is 2.69. The second-order valence-corrected chi connectivity index (χ2v) is 3.90. The Morgan fingerprint density at radius 2 is 2.35 bits per heavy atom. The van der Waals surface area contributed by atoms with Gasteiger partial charge >= 0.3 is 5.97 Å². The van der Waals surface area contributed by atoms with Crippen molar-refractivity contribution in [3.05, 3.63) is 23.8 Å². The fourth-order valence-corrected chi connectivity index (χ4v) is 1.71. The molecule has 0 aliphatic carbocycles. The highest BCUT2D eigenvalue weighted by Gasteiger charge is 2.22. The Bertz CT molecular complexity index is 433. The number of benzene rings is 1. The number of carbonyl (C=O) groups is 1. The van der Waals surface area contributed by atoms with Gasteiger partial charge in [-0.15, -0.1) is 0 Å². The van der Waals surface area contributed by atoms with E-state index in [2.05, 4.69) is 4.74 Å². The SMILES string of the molecule is COC(=O)C(C)Oc1ccc2c(c1)OCC2N. The normalized spacial score (nSPS) is 19.1. The van der Waals surface area contributed by atoms with Crippen LogP contribution in [0.2, 0.25) is 0 Å². The molecule has 17 heavy (non-hydrogen) atoms. The van der Waals surface area contributed by atoms with Gasteiger partial charge < -0.3 is 19.9 Å². The minimum atomic E-state index is -0.645. The predicted octanol–water partition coefficient (Wildman–Crippen LogP) is 1.02. The molecule has 0 radical (unpaired) electrons. The Balaban J connectivity index is 2.11. The zero-order valence-electron chi connectivity index (χ0n) is 9.80.